The Morgan fingerprint density at radius 2 is 0.536 bits per heavy atom. The maximum Gasteiger partial charge on any atom is 0.454 e. The van der Waals surface area contributed by atoms with Crippen LogP contribution in [0.3, 0.4) is 0 Å². The van der Waals surface area contributed by atoms with Crippen LogP contribution >= 0.6 is 93.5 Å². The molecule has 0 N–H and O–H groups in total. The van der Waals surface area contributed by atoms with E-state index in [0.29, 0.717) is 30.1 Å². The quantitative estimate of drug-likeness (QED) is 0.0345. The Labute approximate surface area is 595 Å². The summed E-state index contributed by atoms with van der Waals surface area (Å²) < 4.78 is 146. The minimum absolute atomic E-state index is 0. The summed E-state index contributed by atoms with van der Waals surface area (Å²) in [5.41, 5.74) is 14.1. The van der Waals surface area contributed by atoms with E-state index >= 15 is 0 Å². The van der Waals surface area contributed by atoms with Crippen LogP contribution in [-0.4, -0.2) is 46.2 Å². The van der Waals surface area contributed by atoms with Gasteiger partial charge in [0.05, 0.1) is 0 Å². The van der Waals surface area contributed by atoms with Crippen molar-refractivity contribution in [1.82, 2.24) is 9.97 Å². The number of ketones is 2. The molecule has 0 aliphatic heterocycles. The molecule has 0 bridgehead atoms. The third-order valence-corrected chi connectivity index (χ3v) is 15.6. The van der Waals surface area contributed by atoms with Crippen molar-refractivity contribution < 1.29 is 89.6 Å². The maximum absolute atomic E-state index is 11.3. The Bertz CT molecular complexity index is 3920. The molecule has 8 nitrogen and oxygen atoms in total. The summed E-state index contributed by atoms with van der Waals surface area (Å²) in [6.45, 7) is 0. The zero-order valence-corrected chi connectivity index (χ0v) is 55.7. The van der Waals surface area contributed by atoms with Crippen LogP contribution in [0.25, 0.3) is 76.2 Å². The molecule has 10 aromatic rings. The SMILES string of the molecule is Clc1ccc(-c2cc(-c3ccc(Cl)cc3)c([N-]Sc3ccncc3)c(-c3ccc(Cl)cc3)c2)cc1.Clc1ccc(-c2cc(-c3ccc(Cl)cc3)c([N-]Sc3ccncc3)c(-c3ccc(Cl)cc3)c2)cc1.O=C(/C=C(\[O-])C(F)(F)F)C(F)(F)F.O=C(/C=C(\[O-])C(F)(F)F)C(F)(F)F.[Mn]. The van der Waals surface area contributed by atoms with Crippen molar-refractivity contribution in [2.24, 2.45) is 0 Å². The van der Waals surface area contributed by atoms with Crippen LogP contribution in [0, 0.1) is 0 Å². The van der Waals surface area contributed by atoms with Gasteiger partial charge in [-0.05, 0) is 222 Å². The van der Waals surface area contributed by atoms with Gasteiger partial charge in [-0.2, -0.15) is 52.7 Å². The Morgan fingerprint density at radius 3 is 0.732 bits per heavy atom. The van der Waals surface area contributed by atoms with Gasteiger partial charge in [0.15, 0.2) is 0 Å². The summed E-state index contributed by atoms with van der Waals surface area (Å²) in [7, 11) is 0. The average Bonchev–Trinajstić information content (AvgIpc) is 0.788. The van der Waals surface area contributed by atoms with E-state index in [1.807, 2.05) is 170 Å². The first kappa shape index (κ1) is 78.2. The van der Waals surface area contributed by atoms with Crippen molar-refractivity contribution in [3.63, 3.8) is 0 Å². The van der Waals surface area contributed by atoms with Gasteiger partial charge in [-0.15, -0.1) is 11.4 Å². The molecule has 503 valence electrons. The van der Waals surface area contributed by atoms with Gasteiger partial charge >= 0.3 is 24.7 Å². The predicted octanol–water partition coefficient (Wildman–Crippen LogP) is 23.4. The molecule has 10 rings (SSSR count). The molecule has 0 fully saturated rings. The second-order valence-corrected chi connectivity index (χ2v) is 23.6. The number of carbonyl (C=O) groups is 2. The summed E-state index contributed by atoms with van der Waals surface area (Å²) in [6, 6.07) is 63.5. The third-order valence-electron chi connectivity index (χ3n) is 12.6. The second kappa shape index (κ2) is 35.1. The van der Waals surface area contributed by atoms with E-state index in [2.05, 4.69) is 34.2 Å². The van der Waals surface area contributed by atoms with Crippen molar-refractivity contribution >= 4 is 116 Å². The number of pyridine rings is 2. The molecule has 0 aliphatic rings. The van der Waals surface area contributed by atoms with Crippen LogP contribution in [0.2, 0.25) is 30.1 Å². The molecule has 2 heterocycles. The predicted molar refractivity (Wildman–Crippen MR) is 352 cm³/mol. The average molecular weight is 1530 g/mol. The van der Waals surface area contributed by atoms with Crippen LogP contribution in [0.15, 0.2) is 252 Å². The monoisotopic (exact) mass is 1530 g/mol. The Morgan fingerprint density at radius 1 is 0.330 bits per heavy atom. The minimum Gasteiger partial charge on any atom is -0.869 e. The molecule has 0 unspecified atom stereocenters. The number of halogens is 18. The topological polar surface area (TPSA) is 134 Å². The molecule has 0 aliphatic carbocycles. The van der Waals surface area contributed by atoms with Crippen molar-refractivity contribution in [1.29, 1.82) is 0 Å². The fourth-order valence-electron chi connectivity index (χ4n) is 8.04. The third kappa shape index (κ3) is 23.7. The van der Waals surface area contributed by atoms with Crippen molar-refractivity contribution in [3.8, 4) is 66.8 Å². The maximum atomic E-state index is 11.3. The molecular formula is C68H38Cl6F12MnN4O4S2-4. The largest absolute Gasteiger partial charge is 0.869 e. The molecule has 0 spiro atoms. The number of aromatic nitrogens is 2. The molecule has 8 aromatic carbocycles. The van der Waals surface area contributed by atoms with Gasteiger partial charge < -0.3 is 19.7 Å². The molecule has 1 radical (unpaired) electrons. The van der Waals surface area contributed by atoms with E-state index in [0.717, 1.165) is 87.9 Å². The van der Waals surface area contributed by atoms with Gasteiger partial charge in [-0.25, -0.2) is 23.9 Å². The first-order chi connectivity index (χ1) is 45.2. The fourth-order valence-corrected chi connectivity index (χ4v) is 10.1. The number of allylic oxidation sites excluding steroid dienone is 4. The van der Waals surface area contributed by atoms with Crippen molar-refractivity contribution in [2.45, 2.75) is 34.5 Å². The Hall–Kier alpha value is -7.80. The molecular weight excluding hydrogens is 1500 g/mol. The van der Waals surface area contributed by atoms with Gasteiger partial charge in [0, 0.05) is 72.0 Å². The first-order valence-corrected chi connectivity index (χ1v) is 30.7. The van der Waals surface area contributed by atoms with Crippen molar-refractivity contribution in [3.05, 3.63) is 282 Å². The molecule has 2 aromatic heterocycles. The van der Waals surface area contributed by atoms with Gasteiger partial charge in [-0.3, -0.25) is 19.6 Å². The number of benzene rings is 8. The molecule has 0 saturated carbocycles. The number of alkyl halides is 12. The number of rotatable bonds is 14. The summed E-state index contributed by atoms with van der Waals surface area (Å²) in [6.07, 6.45) is -16.8. The molecule has 0 amide bonds. The van der Waals surface area contributed by atoms with Crippen LogP contribution < -0.4 is 10.2 Å². The summed E-state index contributed by atoms with van der Waals surface area (Å²) in [5, 5.41) is 23.8. The van der Waals surface area contributed by atoms with Crippen LogP contribution in [0.1, 0.15) is 0 Å². The van der Waals surface area contributed by atoms with Gasteiger partial charge in [0.25, 0.3) is 11.6 Å². The van der Waals surface area contributed by atoms with Crippen molar-refractivity contribution in [2.75, 3.05) is 0 Å². The van der Waals surface area contributed by atoms with Gasteiger partial charge in [0.1, 0.15) is 0 Å². The number of carbonyl (C=O) groups excluding carboxylic acids is 2. The Balaban J connectivity index is 0.000000225. The summed E-state index contributed by atoms with van der Waals surface area (Å²) in [5.74, 6) is -11.3. The van der Waals surface area contributed by atoms with E-state index in [1.54, 1.807) is 24.8 Å². The molecule has 97 heavy (non-hydrogen) atoms. The van der Waals surface area contributed by atoms with Gasteiger partial charge in [0.2, 0.25) is 0 Å². The fraction of sp³-hybridized carbons (Fsp3) is 0.0588. The number of nitrogens with zero attached hydrogens (tertiary/aromatic N) is 4. The van der Waals surface area contributed by atoms with E-state index in [-0.39, 0.29) is 17.1 Å². The normalized spacial score (nSPS) is 11.7. The zero-order valence-electron chi connectivity index (χ0n) is 48.4. The van der Waals surface area contributed by atoms with E-state index in [9.17, 15) is 72.5 Å². The van der Waals surface area contributed by atoms with E-state index < -0.39 is 59.9 Å². The summed E-state index contributed by atoms with van der Waals surface area (Å²) >= 11 is 40.0. The smallest absolute Gasteiger partial charge is 0.454 e. The Kier molecular flexibility index (Phi) is 28.3. The minimum atomic E-state index is -5.46. The van der Waals surface area contributed by atoms with Gasteiger partial charge in [-0.1, -0.05) is 142 Å². The standard InChI is InChI=1S/2C29H18Cl3N2S.2C5H2F6O2.Mn/c2*30-23-7-1-19(2-8-23)22-17-27(20-3-9-24(31)10-4-20)29(34-35-26-13-15-33-16-14-26)28(18-22)21-5-11-25(32)12-6-21;2*6-4(7,8)2(12)1-3(13)5(9,10)11;/h2*1-18H;2*1,12H;/q2*-1;;;/p-2/b;;2*2-1-;. The van der Waals surface area contributed by atoms with Crippen LogP contribution in [-0.2, 0) is 26.7 Å². The first-order valence-electron chi connectivity index (χ1n) is 26.9. The molecule has 29 heteroatoms. The number of hydrogen-bond donors (Lipinski definition) is 0. The molecule has 0 saturated heterocycles. The van der Waals surface area contributed by atoms with Crippen LogP contribution in [0.4, 0.5) is 64.1 Å². The summed E-state index contributed by atoms with van der Waals surface area (Å²) in [4.78, 5) is 29.9. The zero-order chi connectivity index (χ0) is 70.1. The molecule has 0 atom stereocenters. The van der Waals surface area contributed by atoms with E-state index in [4.69, 9.17) is 79.0 Å². The van der Waals surface area contributed by atoms with E-state index in [1.165, 1.54) is 23.9 Å². The second-order valence-electron chi connectivity index (χ2n) is 19.3. The van der Waals surface area contributed by atoms with Crippen LogP contribution in [0.5, 0.6) is 0 Å². The number of hydrogen-bond acceptors (Lipinski definition) is 8.